The summed E-state index contributed by atoms with van der Waals surface area (Å²) in [6.45, 7) is 5.16. The van der Waals surface area contributed by atoms with Gasteiger partial charge in [0.2, 0.25) is 5.91 Å². The molecule has 4 rings (SSSR count). The maximum Gasteiger partial charge on any atom is 0.254 e. The molecule has 5 nitrogen and oxygen atoms in total. The second-order valence-corrected chi connectivity index (χ2v) is 7.96. The van der Waals surface area contributed by atoms with Crippen LogP contribution in [-0.4, -0.2) is 29.9 Å². The first kappa shape index (κ1) is 21.6. The standard InChI is InChI=1S/C26H25FN2O3/c1-18-3-10-24(11-4-18)29(19(2)30)16-20-5-12-25-22(15-20)17-28(13-14-32-25)26(31)21-6-8-23(27)9-7-21/h3-12,15H,13-14,16-17H2,1-2H3. The Labute approximate surface area is 187 Å². The van der Waals surface area contributed by atoms with Crippen LogP contribution in [-0.2, 0) is 17.9 Å². The molecule has 1 heterocycles. The van der Waals surface area contributed by atoms with Crippen LogP contribution in [0.2, 0.25) is 0 Å². The quantitative estimate of drug-likeness (QED) is 0.599. The van der Waals surface area contributed by atoms with Crippen LogP contribution in [0, 0.1) is 12.7 Å². The minimum absolute atomic E-state index is 0.0480. The summed E-state index contributed by atoms with van der Waals surface area (Å²) in [5.74, 6) is 0.136. The summed E-state index contributed by atoms with van der Waals surface area (Å²) in [5.41, 5.74) is 4.22. The first-order chi connectivity index (χ1) is 15.4. The molecule has 0 fully saturated rings. The highest BCUT2D eigenvalue weighted by molar-refractivity contribution is 5.94. The SMILES string of the molecule is CC(=O)N(Cc1ccc2c(c1)CN(C(=O)c1ccc(F)cc1)CCO2)c1ccc(C)cc1. The van der Waals surface area contributed by atoms with Crippen LogP contribution in [0.15, 0.2) is 66.7 Å². The Morgan fingerprint density at radius 1 is 1.03 bits per heavy atom. The van der Waals surface area contributed by atoms with E-state index in [1.807, 2.05) is 49.4 Å². The second kappa shape index (κ2) is 9.22. The summed E-state index contributed by atoms with van der Waals surface area (Å²) in [6, 6.07) is 19.2. The number of hydrogen-bond donors (Lipinski definition) is 0. The number of carbonyl (C=O) groups is 2. The van der Waals surface area contributed by atoms with Gasteiger partial charge in [0, 0.05) is 30.3 Å². The molecule has 6 heteroatoms. The van der Waals surface area contributed by atoms with Gasteiger partial charge in [-0.1, -0.05) is 23.8 Å². The van der Waals surface area contributed by atoms with E-state index in [0.717, 1.165) is 28.1 Å². The third kappa shape index (κ3) is 4.80. The van der Waals surface area contributed by atoms with Gasteiger partial charge in [0.25, 0.3) is 5.91 Å². The normalized spacial score (nSPS) is 13.0. The van der Waals surface area contributed by atoms with E-state index in [1.165, 1.54) is 24.3 Å². The average molecular weight is 432 g/mol. The molecule has 3 aromatic rings. The Balaban J connectivity index is 1.56. The van der Waals surface area contributed by atoms with E-state index < -0.39 is 0 Å². The van der Waals surface area contributed by atoms with E-state index in [2.05, 4.69) is 0 Å². The Morgan fingerprint density at radius 2 is 1.75 bits per heavy atom. The number of halogens is 1. The summed E-state index contributed by atoms with van der Waals surface area (Å²) in [6.07, 6.45) is 0. The molecule has 164 valence electrons. The largest absolute Gasteiger partial charge is 0.491 e. The summed E-state index contributed by atoms with van der Waals surface area (Å²) >= 11 is 0. The van der Waals surface area contributed by atoms with Crippen LogP contribution >= 0.6 is 0 Å². The lowest BCUT2D eigenvalue weighted by atomic mass is 10.1. The number of fused-ring (bicyclic) bond motifs is 1. The third-order valence-electron chi connectivity index (χ3n) is 5.55. The van der Waals surface area contributed by atoms with Gasteiger partial charge in [-0.2, -0.15) is 0 Å². The van der Waals surface area contributed by atoms with Gasteiger partial charge in [0.05, 0.1) is 13.1 Å². The van der Waals surface area contributed by atoms with Crippen molar-refractivity contribution in [1.29, 1.82) is 0 Å². The number of anilines is 1. The smallest absolute Gasteiger partial charge is 0.254 e. The van der Waals surface area contributed by atoms with E-state index >= 15 is 0 Å². The fourth-order valence-electron chi connectivity index (χ4n) is 3.79. The zero-order chi connectivity index (χ0) is 22.7. The van der Waals surface area contributed by atoms with Crippen molar-refractivity contribution in [2.24, 2.45) is 0 Å². The van der Waals surface area contributed by atoms with Gasteiger partial charge in [0.15, 0.2) is 0 Å². The number of nitrogens with zero attached hydrogens (tertiary/aromatic N) is 2. The molecule has 0 unspecified atom stereocenters. The maximum atomic E-state index is 13.2. The summed E-state index contributed by atoms with van der Waals surface area (Å²) < 4.78 is 19.1. The Bertz CT molecular complexity index is 1130. The van der Waals surface area contributed by atoms with Crippen molar-refractivity contribution in [2.75, 3.05) is 18.1 Å². The van der Waals surface area contributed by atoms with Crippen LogP contribution in [0.5, 0.6) is 5.75 Å². The van der Waals surface area contributed by atoms with Crippen LogP contribution in [0.3, 0.4) is 0 Å². The first-order valence-corrected chi connectivity index (χ1v) is 10.5. The molecule has 0 aliphatic carbocycles. The number of ether oxygens (including phenoxy) is 1. The molecule has 0 aromatic heterocycles. The summed E-state index contributed by atoms with van der Waals surface area (Å²) in [5, 5.41) is 0. The number of rotatable bonds is 4. The first-order valence-electron chi connectivity index (χ1n) is 10.5. The van der Waals surface area contributed by atoms with Crippen molar-refractivity contribution in [3.8, 4) is 5.75 Å². The maximum absolute atomic E-state index is 13.2. The van der Waals surface area contributed by atoms with Crippen LogP contribution in [0.4, 0.5) is 10.1 Å². The predicted molar refractivity (Wildman–Crippen MR) is 121 cm³/mol. The molecule has 2 amide bonds. The third-order valence-corrected chi connectivity index (χ3v) is 5.55. The molecule has 1 aliphatic heterocycles. The fourth-order valence-corrected chi connectivity index (χ4v) is 3.79. The van der Waals surface area contributed by atoms with Crippen LogP contribution < -0.4 is 9.64 Å². The lowest BCUT2D eigenvalue weighted by molar-refractivity contribution is -0.116. The minimum atomic E-state index is -0.376. The van der Waals surface area contributed by atoms with Crippen molar-refractivity contribution in [1.82, 2.24) is 4.90 Å². The molecule has 0 N–H and O–H groups in total. The highest BCUT2D eigenvalue weighted by atomic mass is 19.1. The van der Waals surface area contributed by atoms with Crippen molar-refractivity contribution >= 4 is 17.5 Å². The summed E-state index contributed by atoms with van der Waals surface area (Å²) in [7, 11) is 0. The highest BCUT2D eigenvalue weighted by Gasteiger charge is 2.22. The van der Waals surface area contributed by atoms with Gasteiger partial charge in [-0.05, 0) is 61.0 Å². The highest BCUT2D eigenvalue weighted by Crippen LogP contribution is 2.27. The molecule has 0 bridgehead atoms. The monoisotopic (exact) mass is 432 g/mol. The molecule has 3 aromatic carbocycles. The Hall–Kier alpha value is -3.67. The lowest BCUT2D eigenvalue weighted by Crippen LogP contribution is -2.32. The van der Waals surface area contributed by atoms with Crippen molar-refractivity contribution < 1.29 is 18.7 Å². The molecular formula is C26H25FN2O3. The van der Waals surface area contributed by atoms with E-state index in [0.29, 0.717) is 31.8 Å². The second-order valence-electron chi connectivity index (χ2n) is 7.96. The molecule has 0 saturated heterocycles. The van der Waals surface area contributed by atoms with Gasteiger partial charge in [-0.15, -0.1) is 0 Å². The van der Waals surface area contributed by atoms with Crippen molar-refractivity contribution in [2.45, 2.75) is 26.9 Å². The number of hydrogen-bond acceptors (Lipinski definition) is 3. The van der Waals surface area contributed by atoms with Gasteiger partial charge in [-0.3, -0.25) is 9.59 Å². The predicted octanol–water partition coefficient (Wildman–Crippen LogP) is 4.72. The zero-order valence-electron chi connectivity index (χ0n) is 18.2. The fraction of sp³-hybridized carbons (Fsp3) is 0.231. The van der Waals surface area contributed by atoms with E-state index in [9.17, 15) is 14.0 Å². The van der Waals surface area contributed by atoms with Crippen molar-refractivity contribution in [3.05, 3.63) is 94.8 Å². The van der Waals surface area contributed by atoms with Gasteiger partial charge in [-0.25, -0.2) is 4.39 Å². The van der Waals surface area contributed by atoms with Gasteiger partial charge in [0.1, 0.15) is 18.2 Å². The van der Waals surface area contributed by atoms with E-state index in [4.69, 9.17) is 4.74 Å². The number of benzene rings is 3. The van der Waals surface area contributed by atoms with Gasteiger partial charge >= 0.3 is 0 Å². The van der Waals surface area contributed by atoms with Crippen molar-refractivity contribution in [3.63, 3.8) is 0 Å². The summed E-state index contributed by atoms with van der Waals surface area (Å²) in [4.78, 5) is 28.7. The topological polar surface area (TPSA) is 49.9 Å². The molecule has 0 saturated carbocycles. The number of aryl methyl sites for hydroxylation is 1. The molecule has 0 spiro atoms. The minimum Gasteiger partial charge on any atom is -0.491 e. The molecule has 32 heavy (non-hydrogen) atoms. The Morgan fingerprint density at radius 3 is 2.44 bits per heavy atom. The molecule has 0 radical (unpaired) electrons. The molecular weight excluding hydrogens is 407 g/mol. The van der Waals surface area contributed by atoms with E-state index in [1.54, 1.807) is 16.7 Å². The van der Waals surface area contributed by atoms with Crippen LogP contribution in [0.1, 0.15) is 34.0 Å². The van der Waals surface area contributed by atoms with Crippen LogP contribution in [0.25, 0.3) is 0 Å². The Kier molecular flexibility index (Phi) is 6.21. The number of carbonyl (C=O) groups excluding carboxylic acids is 2. The van der Waals surface area contributed by atoms with Gasteiger partial charge < -0.3 is 14.5 Å². The number of amides is 2. The lowest BCUT2D eigenvalue weighted by Gasteiger charge is -2.23. The van der Waals surface area contributed by atoms with E-state index in [-0.39, 0.29) is 17.6 Å². The average Bonchev–Trinajstić information content (AvgIpc) is 3.00. The molecule has 1 aliphatic rings. The zero-order valence-corrected chi connectivity index (χ0v) is 18.2. The molecule has 0 atom stereocenters.